The van der Waals surface area contributed by atoms with Gasteiger partial charge in [-0.2, -0.15) is 0 Å². The van der Waals surface area contributed by atoms with Crippen molar-refractivity contribution < 1.29 is 0 Å². The van der Waals surface area contributed by atoms with Gasteiger partial charge in [0, 0.05) is 22.6 Å². The van der Waals surface area contributed by atoms with E-state index in [1.807, 2.05) is 19.3 Å². The molecule has 0 fully saturated rings. The minimum Gasteiger partial charge on any atom is -0.325 e. The van der Waals surface area contributed by atoms with Crippen LogP contribution in [-0.2, 0) is 7.05 Å². The molecule has 0 saturated carbocycles. The van der Waals surface area contributed by atoms with Gasteiger partial charge in [0.15, 0.2) is 5.82 Å². The first-order chi connectivity index (χ1) is 10.1. The van der Waals surface area contributed by atoms with Crippen LogP contribution in [0.1, 0.15) is 12.5 Å². The van der Waals surface area contributed by atoms with Crippen molar-refractivity contribution in [3.63, 3.8) is 0 Å². The standard InChI is InChI=1S/C16H16BrN3S/c1-4-21-13-6-5-7-18-14(13)16-19-12-9-10(2)8-11(17)15(12)20(16)3/h5-9H,4H2,1-3H3. The average Bonchev–Trinajstić information content (AvgIpc) is 2.77. The fourth-order valence-electron chi connectivity index (χ4n) is 2.47. The molecular formula is C16H16BrN3S. The van der Waals surface area contributed by atoms with E-state index >= 15 is 0 Å². The second kappa shape index (κ2) is 5.81. The number of halogens is 1. The van der Waals surface area contributed by atoms with Crippen LogP contribution >= 0.6 is 27.7 Å². The molecule has 3 rings (SSSR count). The van der Waals surface area contributed by atoms with Crippen LogP contribution in [0.3, 0.4) is 0 Å². The van der Waals surface area contributed by atoms with Crippen molar-refractivity contribution in [2.45, 2.75) is 18.7 Å². The van der Waals surface area contributed by atoms with Gasteiger partial charge < -0.3 is 4.57 Å². The first-order valence-electron chi connectivity index (χ1n) is 6.82. The molecule has 2 aromatic heterocycles. The first-order valence-corrected chi connectivity index (χ1v) is 8.60. The molecule has 0 bridgehead atoms. The van der Waals surface area contributed by atoms with Gasteiger partial charge in [0.1, 0.15) is 5.69 Å². The molecule has 0 N–H and O–H groups in total. The maximum Gasteiger partial charge on any atom is 0.160 e. The normalized spacial score (nSPS) is 11.2. The van der Waals surface area contributed by atoms with Gasteiger partial charge in [0.25, 0.3) is 0 Å². The monoisotopic (exact) mass is 361 g/mol. The van der Waals surface area contributed by atoms with Crippen LogP contribution in [-0.4, -0.2) is 20.3 Å². The van der Waals surface area contributed by atoms with Crippen molar-refractivity contribution in [3.05, 3.63) is 40.5 Å². The minimum absolute atomic E-state index is 0.910. The molecular weight excluding hydrogens is 346 g/mol. The van der Waals surface area contributed by atoms with Gasteiger partial charge in [-0.05, 0) is 58.4 Å². The van der Waals surface area contributed by atoms with Gasteiger partial charge in [0.05, 0.1) is 11.0 Å². The average molecular weight is 362 g/mol. The molecule has 0 aliphatic carbocycles. The number of aryl methyl sites for hydroxylation is 2. The molecule has 5 heteroatoms. The van der Waals surface area contributed by atoms with E-state index in [1.165, 1.54) is 10.5 Å². The van der Waals surface area contributed by atoms with E-state index in [4.69, 9.17) is 4.98 Å². The molecule has 0 aliphatic rings. The summed E-state index contributed by atoms with van der Waals surface area (Å²) in [5, 5.41) is 0. The van der Waals surface area contributed by atoms with Gasteiger partial charge in [-0.1, -0.05) is 6.92 Å². The summed E-state index contributed by atoms with van der Waals surface area (Å²) in [4.78, 5) is 10.5. The number of imidazole rings is 1. The molecule has 21 heavy (non-hydrogen) atoms. The molecule has 2 heterocycles. The molecule has 1 aromatic carbocycles. The predicted octanol–water partition coefficient (Wildman–Crippen LogP) is 4.82. The largest absolute Gasteiger partial charge is 0.325 e. The lowest BCUT2D eigenvalue weighted by molar-refractivity contribution is 0.941. The number of thioether (sulfide) groups is 1. The van der Waals surface area contributed by atoms with Gasteiger partial charge in [-0.25, -0.2) is 4.98 Å². The number of pyridine rings is 1. The van der Waals surface area contributed by atoms with Crippen molar-refractivity contribution in [2.75, 3.05) is 5.75 Å². The Morgan fingerprint density at radius 2 is 2.14 bits per heavy atom. The summed E-state index contributed by atoms with van der Waals surface area (Å²) < 4.78 is 3.18. The van der Waals surface area contributed by atoms with Gasteiger partial charge in [-0.15, -0.1) is 11.8 Å². The molecule has 0 radical (unpaired) electrons. The Morgan fingerprint density at radius 1 is 1.33 bits per heavy atom. The smallest absolute Gasteiger partial charge is 0.160 e. The van der Waals surface area contributed by atoms with Crippen LogP contribution in [0.15, 0.2) is 39.8 Å². The third-order valence-electron chi connectivity index (χ3n) is 3.35. The number of benzene rings is 1. The number of hydrogen-bond donors (Lipinski definition) is 0. The maximum atomic E-state index is 4.80. The Hall–Kier alpha value is -1.33. The zero-order valence-electron chi connectivity index (χ0n) is 12.2. The van der Waals surface area contributed by atoms with E-state index in [0.29, 0.717) is 0 Å². The topological polar surface area (TPSA) is 30.7 Å². The quantitative estimate of drug-likeness (QED) is 0.626. The van der Waals surface area contributed by atoms with Crippen molar-refractivity contribution in [1.82, 2.24) is 14.5 Å². The van der Waals surface area contributed by atoms with E-state index in [9.17, 15) is 0 Å². The van der Waals surface area contributed by atoms with Crippen molar-refractivity contribution >= 4 is 38.7 Å². The van der Waals surface area contributed by atoms with Crippen molar-refractivity contribution in [1.29, 1.82) is 0 Å². The summed E-state index contributed by atoms with van der Waals surface area (Å²) in [5.41, 5.74) is 4.25. The highest BCUT2D eigenvalue weighted by atomic mass is 79.9. The Labute approximate surface area is 136 Å². The van der Waals surface area contributed by atoms with Gasteiger partial charge in [-0.3, -0.25) is 4.98 Å². The summed E-state index contributed by atoms with van der Waals surface area (Å²) in [7, 11) is 2.04. The highest BCUT2D eigenvalue weighted by Crippen LogP contribution is 2.33. The Kier molecular flexibility index (Phi) is 4.04. The van der Waals surface area contributed by atoms with E-state index in [0.717, 1.165) is 32.8 Å². The lowest BCUT2D eigenvalue weighted by atomic mass is 10.2. The first kappa shape index (κ1) is 14.6. The molecule has 3 aromatic rings. The number of rotatable bonds is 3. The second-order valence-electron chi connectivity index (χ2n) is 4.89. The van der Waals surface area contributed by atoms with Crippen LogP contribution in [0.2, 0.25) is 0 Å². The summed E-state index contributed by atoms with van der Waals surface area (Å²) in [5.74, 6) is 1.93. The third kappa shape index (κ3) is 2.60. The second-order valence-corrected chi connectivity index (χ2v) is 7.05. The van der Waals surface area contributed by atoms with Crippen molar-refractivity contribution in [3.8, 4) is 11.5 Å². The van der Waals surface area contributed by atoms with Crippen LogP contribution in [0, 0.1) is 6.92 Å². The fourth-order valence-corrected chi connectivity index (χ4v) is 4.07. The summed E-state index contributed by atoms with van der Waals surface area (Å²) in [6, 6.07) is 8.31. The molecule has 108 valence electrons. The van der Waals surface area contributed by atoms with Crippen LogP contribution in [0.5, 0.6) is 0 Å². The van der Waals surface area contributed by atoms with E-state index in [-0.39, 0.29) is 0 Å². The Bertz CT molecular complexity index is 811. The highest BCUT2D eigenvalue weighted by molar-refractivity contribution is 9.10. The van der Waals surface area contributed by atoms with Gasteiger partial charge >= 0.3 is 0 Å². The number of hydrogen-bond acceptors (Lipinski definition) is 3. The Morgan fingerprint density at radius 3 is 2.90 bits per heavy atom. The van der Waals surface area contributed by atoms with Gasteiger partial charge in [0.2, 0.25) is 0 Å². The van der Waals surface area contributed by atoms with E-state index < -0.39 is 0 Å². The van der Waals surface area contributed by atoms with Crippen LogP contribution < -0.4 is 0 Å². The zero-order chi connectivity index (χ0) is 15.0. The molecule has 3 nitrogen and oxygen atoms in total. The molecule has 0 unspecified atom stereocenters. The lowest BCUT2D eigenvalue weighted by Crippen LogP contribution is -1.96. The fraction of sp³-hybridized carbons (Fsp3) is 0.250. The summed E-state index contributed by atoms with van der Waals surface area (Å²) in [6.45, 7) is 4.23. The van der Waals surface area contributed by atoms with E-state index in [2.05, 4.69) is 57.5 Å². The number of aromatic nitrogens is 3. The minimum atomic E-state index is 0.910. The molecule has 0 spiro atoms. The SMILES string of the molecule is CCSc1cccnc1-c1nc2cc(C)cc(Br)c2n1C. The Balaban J connectivity index is 2.27. The summed E-state index contributed by atoms with van der Waals surface area (Å²) >= 11 is 5.44. The van der Waals surface area contributed by atoms with E-state index in [1.54, 1.807) is 11.8 Å². The molecule has 0 aliphatic heterocycles. The molecule has 0 amide bonds. The van der Waals surface area contributed by atoms with Crippen LogP contribution in [0.4, 0.5) is 0 Å². The van der Waals surface area contributed by atoms with Crippen molar-refractivity contribution in [2.24, 2.45) is 7.05 Å². The highest BCUT2D eigenvalue weighted by Gasteiger charge is 2.16. The number of fused-ring (bicyclic) bond motifs is 1. The predicted molar refractivity (Wildman–Crippen MR) is 92.8 cm³/mol. The summed E-state index contributed by atoms with van der Waals surface area (Å²) in [6.07, 6.45) is 1.83. The molecule has 0 atom stereocenters. The zero-order valence-corrected chi connectivity index (χ0v) is 14.6. The maximum absolute atomic E-state index is 4.80. The lowest BCUT2D eigenvalue weighted by Gasteiger charge is -2.07. The number of nitrogens with zero attached hydrogens (tertiary/aromatic N) is 3. The van der Waals surface area contributed by atoms with Crippen LogP contribution in [0.25, 0.3) is 22.6 Å². The third-order valence-corrected chi connectivity index (χ3v) is 4.88. The molecule has 0 saturated heterocycles.